The second-order valence-corrected chi connectivity index (χ2v) is 6.31. The number of hydrogen-bond donors (Lipinski definition) is 2. The van der Waals surface area contributed by atoms with Gasteiger partial charge in [-0.2, -0.15) is 0 Å². The zero-order valence-electron chi connectivity index (χ0n) is 15.6. The Labute approximate surface area is 161 Å². The van der Waals surface area contributed by atoms with Gasteiger partial charge in [-0.25, -0.2) is 5.84 Å². The van der Waals surface area contributed by atoms with Gasteiger partial charge in [0, 0.05) is 38.3 Å². The van der Waals surface area contributed by atoms with Crippen LogP contribution in [0.25, 0.3) is 0 Å². The zero-order valence-corrected chi connectivity index (χ0v) is 15.6. The standard InChI is InChI=1S/C17H23N5O6/c1-12-10-13(22(26)27)2-3-14(12)28-9-4-16(24)20-5-7-21(8-6-20)17(25)11-15(23)19-18/h2-3,10H,4-9,11,18H2,1H3,(H,19,23). The van der Waals surface area contributed by atoms with Gasteiger partial charge in [0.05, 0.1) is 18.0 Å². The van der Waals surface area contributed by atoms with Crippen molar-refractivity contribution in [2.75, 3.05) is 32.8 Å². The molecule has 1 aromatic carbocycles. The molecule has 1 aliphatic rings. The number of nitrogens with one attached hydrogen (secondary N) is 1. The summed E-state index contributed by atoms with van der Waals surface area (Å²) in [5.41, 5.74) is 2.52. The highest BCUT2D eigenvalue weighted by molar-refractivity contribution is 5.96. The van der Waals surface area contributed by atoms with Crippen LogP contribution in [0.15, 0.2) is 18.2 Å². The van der Waals surface area contributed by atoms with Crippen LogP contribution in [0.5, 0.6) is 5.75 Å². The number of rotatable bonds is 7. The fourth-order valence-electron chi connectivity index (χ4n) is 2.82. The number of nitrogens with zero attached hydrogens (tertiary/aromatic N) is 3. The van der Waals surface area contributed by atoms with E-state index < -0.39 is 10.8 Å². The molecule has 152 valence electrons. The molecule has 0 radical (unpaired) electrons. The molecule has 3 amide bonds. The van der Waals surface area contributed by atoms with Crippen LogP contribution in [0.4, 0.5) is 5.69 Å². The highest BCUT2D eigenvalue weighted by Gasteiger charge is 2.25. The first-order chi connectivity index (χ1) is 13.3. The summed E-state index contributed by atoms with van der Waals surface area (Å²) in [5.74, 6) is 4.47. The summed E-state index contributed by atoms with van der Waals surface area (Å²) >= 11 is 0. The lowest BCUT2D eigenvalue weighted by molar-refractivity contribution is -0.384. The van der Waals surface area contributed by atoms with Gasteiger partial charge in [0.2, 0.25) is 17.7 Å². The van der Waals surface area contributed by atoms with E-state index in [9.17, 15) is 24.5 Å². The predicted octanol–water partition coefficient (Wildman–Crippen LogP) is -0.277. The van der Waals surface area contributed by atoms with Crippen molar-refractivity contribution in [3.8, 4) is 5.75 Å². The lowest BCUT2D eigenvalue weighted by Gasteiger charge is -2.34. The highest BCUT2D eigenvalue weighted by atomic mass is 16.6. The monoisotopic (exact) mass is 393 g/mol. The Hall–Kier alpha value is -3.21. The van der Waals surface area contributed by atoms with Gasteiger partial charge in [0.15, 0.2) is 0 Å². The van der Waals surface area contributed by atoms with E-state index in [1.807, 2.05) is 5.43 Å². The third kappa shape index (κ3) is 5.64. The average Bonchev–Trinajstić information content (AvgIpc) is 2.68. The molecule has 0 unspecified atom stereocenters. The molecule has 0 aliphatic carbocycles. The molecule has 1 fully saturated rings. The van der Waals surface area contributed by atoms with Crippen molar-refractivity contribution in [2.45, 2.75) is 19.8 Å². The molecule has 2 rings (SSSR count). The number of piperazine rings is 1. The number of carbonyl (C=O) groups excluding carboxylic acids is 3. The number of amides is 3. The lowest BCUT2D eigenvalue weighted by Crippen LogP contribution is -2.51. The number of hydrogen-bond acceptors (Lipinski definition) is 7. The maximum Gasteiger partial charge on any atom is 0.269 e. The Morgan fingerprint density at radius 2 is 1.79 bits per heavy atom. The normalized spacial score (nSPS) is 13.8. The maximum absolute atomic E-state index is 12.3. The van der Waals surface area contributed by atoms with Gasteiger partial charge in [-0.1, -0.05) is 0 Å². The molecule has 0 aromatic heterocycles. The molecule has 0 atom stereocenters. The van der Waals surface area contributed by atoms with Crippen LogP contribution in [0.3, 0.4) is 0 Å². The van der Waals surface area contributed by atoms with Crippen LogP contribution in [-0.2, 0) is 14.4 Å². The van der Waals surface area contributed by atoms with E-state index in [-0.39, 0.29) is 37.0 Å². The second-order valence-electron chi connectivity index (χ2n) is 6.31. The smallest absolute Gasteiger partial charge is 0.269 e. The number of non-ortho nitro benzene ring substituents is 1. The van der Waals surface area contributed by atoms with E-state index in [1.165, 1.54) is 23.1 Å². The van der Waals surface area contributed by atoms with Gasteiger partial charge in [-0.05, 0) is 18.6 Å². The molecule has 0 bridgehead atoms. The molecule has 11 heteroatoms. The topological polar surface area (TPSA) is 148 Å². The average molecular weight is 393 g/mol. The number of nitro groups is 1. The van der Waals surface area contributed by atoms with E-state index in [4.69, 9.17) is 10.6 Å². The van der Waals surface area contributed by atoms with Gasteiger partial charge in [-0.3, -0.25) is 29.9 Å². The van der Waals surface area contributed by atoms with Crippen molar-refractivity contribution in [1.29, 1.82) is 0 Å². The third-order valence-corrected chi connectivity index (χ3v) is 4.40. The number of hydrazine groups is 1. The van der Waals surface area contributed by atoms with E-state index in [0.29, 0.717) is 37.5 Å². The zero-order chi connectivity index (χ0) is 20.7. The molecule has 0 saturated carbocycles. The van der Waals surface area contributed by atoms with Crippen molar-refractivity contribution in [2.24, 2.45) is 5.84 Å². The minimum absolute atomic E-state index is 0.0164. The molecule has 1 aliphatic heterocycles. The molecule has 3 N–H and O–H groups in total. The molecule has 0 spiro atoms. The molecule has 1 saturated heterocycles. The summed E-state index contributed by atoms with van der Waals surface area (Å²) in [6, 6.07) is 4.28. The molecule has 11 nitrogen and oxygen atoms in total. The number of carbonyl (C=O) groups is 3. The quantitative estimate of drug-likeness (QED) is 0.213. The Kier molecular flexibility index (Phi) is 7.27. The first-order valence-electron chi connectivity index (χ1n) is 8.74. The summed E-state index contributed by atoms with van der Waals surface area (Å²) in [7, 11) is 0. The second kappa shape index (κ2) is 9.65. The van der Waals surface area contributed by atoms with Gasteiger partial charge in [0.1, 0.15) is 12.2 Å². The SMILES string of the molecule is Cc1cc([N+](=O)[O-])ccc1OCCC(=O)N1CCN(C(=O)CC(=O)NN)CC1. The fraction of sp³-hybridized carbons (Fsp3) is 0.471. The van der Waals surface area contributed by atoms with Gasteiger partial charge >= 0.3 is 0 Å². The Morgan fingerprint density at radius 3 is 2.32 bits per heavy atom. The van der Waals surface area contributed by atoms with Crippen molar-refractivity contribution in [3.05, 3.63) is 33.9 Å². The molecular formula is C17H23N5O6. The van der Waals surface area contributed by atoms with Crippen molar-refractivity contribution < 1.29 is 24.0 Å². The first kappa shape index (κ1) is 21.1. The maximum atomic E-state index is 12.3. The van der Waals surface area contributed by atoms with Crippen LogP contribution < -0.4 is 16.0 Å². The number of nitro benzene ring substituents is 1. The van der Waals surface area contributed by atoms with E-state index in [1.54, 1.807) is 11.8 Å². The molecule has 1 aromatic rings. The number of benzene rings is 1. The number of aryl methyl sites for hydroxylation is 1. The largest absolute Gasteiger partial charge is 0.493 e. The third-order valence-electron chi connectivity index (χ3n) is 4.40. The summed E-state index contributed by atoms with van der Waals surface area (Å²) in [6.07, 6.45) is -0.160. The summed E-state index contributed by atoms with van der Waals surface area (Å²) in [5, 5.41) is 10.7. The van der Waals surface area contributed by atoms with Crippen molar-refractivity contribution >= 4 is 23.4 Å². The van der Waals surface area contributed by atoms with E-state index in [2.05, 4.69) is 0 Å². The van der Waals surface area contributed by atoms with E-state index in [0.717, 1.165) is 0 Å². The molecule has 1 heterocycles. The summed E-state index contributed by atoms with van der Waals surface area (Å²) in [4.78, 5) is 48.8. The van der Waals surface area contributed by atoms with Crippen LogP contribution in [0, 0.1) is 17.0 Å². The van der Waals surface area contributed by atoms with E-state index >= 15 is 0 Å². The first-order valence-corrected chi connectivity index (χ1v) is 8.74. The fourth-order valence-corrected chi connectivity index (χ4v) is 2.82. The van der Waals surface area contributed by atoms with Crippen LogP contribution >= 0.6 is 0 Å². The highest BCUT2D eigenvalue weighted by Crippen LogP contribution is 2.23. The minimum atomic E-state index is -0.554. The summed E-state index contributed by atoms with van der Waals surface area (Å²) in [6.45, 7) is 3.31. The van der Waals surface area contributed by atoms with Crippen LogP contribution in [-0.4, -0.2) is 65.2 Å². The summed E-state index contributed by atoms with van der Waals surface area (Å²) < 4.78 is 5.56. The minimum Gasteiger partial charge on any atom is -0.493 e. The van der Waals surface area contributed by atoms with Gasteiger partial charge < -0.3 is 14.5 Å². The van der Waals surface area contributed by atoms with Gasteiger partial charge in [0.25, 0.3) is 5.69 Å². The number of ether oxygens (including phenoxy) is 1. The lowest BCUT2D eigenvalue weighted by atomic mass is 10.2. The van der Waals surface area contributed by atoms with Gasteiger partial charge in [-0.15, -0.1) is 0 Å². The van der Waals surface area contributed by atoms with Crippen LogP contribution in [0.2, 0.25) is 0 Å². The Bertz CT molecular complexity index is 760. The van der Waals surface area contributed by atoms with Crippen molar-refractivity contribution in [1.82, 2.24) is 15.2 Å². The number of nitrogens with two attached hydrogens (primary N) is 1. The Balaban J connectivity index is 1.75. The van der Waals surface area contributed by atoms with Crippen LogP contribution in [0.1, 0.15) is 18.4 Å². The predicted molar refractivity (Wildman–Crippen MR) is 98.1 cm³/mol. The molecular weight excluding hydrogens is 370 g/mol. The Morgan fingerprint density at radius 1 is 1.18 bits per heavy atom. The molecule has 28 heavy (non-hydrogen) atoms. The van der Waals surface area contributed by atoms with Crippen molar-refractivity contribution in [3.63, 3.8) is 0 Å².